The highest BCUT2D eigenvalue weighted by Crippen LogP contribution is 2.29. The van der Waals surface area contributed by atoms with Gasteiger partial charge in [0.05, 0.1) is 21.2 Å². The van der Waals surface area contributed by atoms with Crippen molar-refractivity contribution in [3.63, 3.8) is 0 Å². The van der Waals surface area contributed by atoms with Crippen LogP contribution in [0.15, 0.2) is 23.1 Å². The third-order valence-corrected chi connectivity index (χ3v) is 4.42. The molecule has 0 saturated heterocycles. The van der Waals surface area contributed by atoms with Gasteiger partial charge in [0.2, 0.25) is 10.4 Å². The van der Waals surface area contributed by atoms with Crippen LogP contribution in [0.1, 0.15) is 5.82 Å². The number of imidazole rings is 1. The molecule has 1 aromatic heterocycles. The summed E-state index contributed by atoms with van der Waals surface area (Å²) >= 11 is -1.22. The topological polar surface area (TPSA) is 98.3 Å². The molecule has 2 aromatic rings. The Morgan fingerprint density at radius 3 is 2.21 bits per heavy atom. The van der Waals surface area contributed by atoms with E-state index in [9.17, 15) is 30.7 Å². The zero-order chi connectivity index (χ0) is 18.9. The molecule has 0 radical (unpaired) electrons. The lowest BCUT2D eigenvalue weighted by molar-refractivity contribution is -0.667. The van der Waals surface area contributed by atoms with Gasteiger partial charge in [0.25, 0.3) is 0 Å². The van der Waals surface area contributed by atoms with Crippen LogP contribution < -0.4 is 4.57 Å². The fraction of sp³-hybridized carbons (Fsp3) is 0.417. The van der Waals surface area contributed by atoms with Crippen molar-refractivity contribution in [1.82, 2.24) is 4.57 Å². The van der Waals surface area contributed by atoms with Crippen LogP contribution in [0.3, 0.4) is 0 Å². The maximum atomic E-state index is 12.9. The molecule has 0 bridgehead atoms. The number of hydrogen-bond acceptors (Lipinski definition) is 5. The second-order valence-corrected chi connectivity index (χ2v) is 7.15. The lowest BCUT2D eigenvalue weighted by atomic mass is 10.3. The summed E-state index contributed by atoms with van der Waals surface area (Å²) in [6, 6.07) is 4.67. The first-order valence-corrected chi connectivity index (χ1v) is 9.09. The zero-order valence-electron chi connectivity index (χ0n) is 13.1. The Balaban J connectivity index is 0.000000413. The predicted octanol–water partition coefficient (Wildman–Crippen LogP) is 0.852. The average Bonchev–Trinajstić information content (AvgIpc) is 2.70. The molecule has 7 nitrogen and oxygen atoms in total. The first-order chi connectivity index (χ1) is 10.8. The highest BCUT2D eigenvalue weighted by Gasteiger charge is 2.45. The maximum Gasteiger partial charge on any atom is 0.495 e. The Morgan fingerprint density at radius 2 is 1.83 bits per heavy atom. The van der Waals surface area contributed by atoms with Crippen LogP contribution >= 0.6 is 0 Å². The number of hydrogen-bond donors (Lipinski definition) is 0. The summed E-state index contributed by atoms with van der Waals surface area (Å²) in [7, 11) is -0.881. The molecule has 0 aliphatic carbocycles. The SMILES string of the molecule is COS(=O)(=O)[O-].Cn1c(C(F)(F)F)[n+](C)c2ccc([S+](C)[O-])cc21. The Morgan fingerprint density at radius 1 is 1.33 bits per heavy atom. The predicted molar refractivity (Wildman–Crippen MR) is 78.1 cm³/mol. The van der Waals surface area contributed by atoms with E-state index in [1.807, 2.05) is 0 Å². The Hall–Kier alpha value is -1.34. The van der Waals surface area contributed by atoms with E-state index in [4.69, 9.17) is 0 Å². The van der Waals surface area contributed by atoms with Gasteiger partial charge in [0, 0.05) is 6.07 Å². The van der Waals surface area contributed by atoms with Gasteiger partial charge in [-0.2, -0.15) is 13.2 Å². The van der Waals surface area contributed by atoms with Crippen LogP contribution in [0, 0.1) is 0 Å². The van der Waals surface area contributed by atoms with Crippen LogP contribution in [0.25, 0.3) is 11.0 Å². The van der Waals surface area contributed by atoms with Crippen molar-refractivity contribution < 1.29 is 39.4 Å². The molecule has 24 heavy (non-hydrogen) atoms. The minimum atomic E-state index is -4.42. The third kappa shape index (κ3) is 4.83. The lowest BCUT2D eigenvalue weighted by Crippen LogP contribution is -2.37. The number of alkyl halides is 3. The van der Waals surface area contributed by atoms with Gasteiger partial charge in [0.1, 0.15) is 6.26 Å². The molecule has 136 valence electrons. The summed E-state index contributed by atoms with van der Waals surface area (Å²) in [6.45, 7) is 0. The van der Waals surface area contributed by atoms with Crippen molar-refractivity contribution in [3.05, 3.63) is 24.0 Å². The fourth-order valence-corrected chi connectivity index (χ4v) is 2.61. The van der Waals surface area contributed by atoms with Gasteiger partial charge < -0.3 is 9.11 Å². The van der Waals surface area contributed by atoms with Gasteiger partial charge in [-0.1, -0.05) is 0 Å². The monoisotopic (exact) mass is 388 g/mol. The van der Waals surface area contributed by atoms with Crippen LogP contribution in [-0.4, -0.2) is 35.5 Å². The number of halogens is 3. The summed E-state index contributed by atoms with van der Waals surface area (Å²) in [4.78, 5) is 0.512. The van der Waals surface area contributed by atoms with Crippen molar-refractivity contribution in [1.29, 1.82) is 0 Å². The molecule has 2 rings (SSSR count). The van der Waals surface area contributed by atoms with Crippen molar-refractivity contribution in [2.75, 3.05) is 13.4 Å². The summed E-state index contributed by atoms with van der Waals surface area (Å²) < 4.78 is 83.3. The van der Waals surface area contributed by atoms with E-state index in [0.717, 1.165) is 16.2 Å². The molecular formula is C12H15F3N2O5S2. The van der Waals surface area contributed by atoms with Gasteiger partial charge >= 0.3 is 12.0 Å². The fourth-order valence-electron chi connectivity index (χ4n) is 2.07. The molecule has 0 aliphatic rings. The number of aryl methyl sites for hydroxylation is 2. The second-order valence-electron chi connectivity index (χ2n) is 4.62. The van der Waals surface area contributed by atoms with Crippen LogP contribution in [-0.2, 0) is 46.0 Å². The average molecular weight is 388 g/mol. The molecule has 0 fully saturated rings. The second kappa shape index (κ2) is 7.27. The molecule has 0 saturated carbocycles. The van der Waals surface area contributed by atoms with Crippen LogP contribution in [0.4, 0.5) is 13.2 Å². The summed E-state index contributed by atoms with van der Waals surface area (Å²) in [5.74, 6) is -0.739. The van der Waals surface area contributed by atoms with Crippen LogP contribution in [0.2, 0.25) is 0 Å². The van der Waals surface area contributed by atoms with E-state index in [0.29, 0.717) is 15.9 Å². The van der Waals surface area contributed by atoms with E-state index in [2.05, 4.69) is 4.18 Å². The van der Waals surface area contributed by atoms with Gasteiger partial charge in [-0.3, -0.25) is 4.18 Å². The summed E-state index contributed by atoms with van der Waals surface area (Å²) in [5.41, 5.74) is 0.872. The number of fused-ring (bicyclic) bond motifs is 1. The van der Waals surface area contributed by atoms with Crippen molar-refractivity contribution in [2.45, 2.75) is 11.1 Å². The number of rotatable bonds is 2. The first-order valence-electron chi connectivity index (χ1n) is 6.20. The number of benzene rings is 1. The normalized spacial score (nSPS) is 13.5. The third-order valence-electron chi connectivity index (χ3n) is 3.09. The highest BCUT2D eigenvalue weighted by atomic mass is 32.3. The minimum absolute atomic E-state index is 0.414. The number of aromatic nitrogens is 2. The Kier molecular flexibility index (Phi) is 6.27. The Bertz CT molecular complexity index is 831. The van der Waals surface area contributed by atoms with Gasteiger partial charge in [0.15, 0.2) is 15.9 Å². The van der Waals surface area contributed by atoms with Gasteiger partial charge in [-0.25, -0.2) is 17.6 Å². The quantitative estimate of drug-likeness (QED) is 0.329. The van der Waals surface area contributed by atoms with E-state index < -0.39 is 33.6 Å². The molecule has 1 aromatic carbocycles. The number of nitrogens with zero attached hydrogens (tertiary/aromatic N) is 2. The molecule has 12 heteroatoms. The van der Waals surface area contributed by atoms with E-state index in [-0.39, 0.29) is 0 Å². The highest BCUT2D eigenvalue weighted by molar-refractivity contribution is 7.90. The van der Waals surface area contributed by atoms with E-state index >= 15 is 0 Å². The minimum Gasteiger partial charge on any atom is -0.726 e. The molecule has 0 amide bonds. The molecular weight excluding hydrogens is 373 g/mol. The Labute approximate surface area is 139 Å². The van der Waals surface area contributed by atoms with E-state index in [1.54, 1.807) is 12.1 Å². The van der Waals surface area contributed by atoms with Gasteiger partial charge in [-0.15, -0.1) is 0 Å². The summed E-state index contributed by atoms with van der Waals surface area (Å²) in [5, 5.41) is 0. The lowest BCUT2D eigenvalue weighted by Gasteiger charge is -2.02. The van der Waals surface area contributed by atoms with Crippen molar-refractivity contribution in [3.8, 4) is 0 Å². The molecule has 0 aliphatic heterocycles. The first kappa shape index (κ1) is 20.7. The summed E-state index contributed by atoms with van der Waals surface area (Å²) in [6.07, 6.45) is -2.93. The largest absolute Gasteiger partial charge is 0.726 e. The zero-order valence-corrected chi connectivity index (χ0v) is 14.8. The van der Waals surface area contributed by atoms with Gasteiger partial charge in [-0.05, 0) is 23.3 Å². The van der Waals surface area contributed by atoms with E-state index in [1.165, 1.54) is 26.4 Å². The molecule has 1 atom stereocenters. The van der Waals surface area contributed by atoms with Crippen molar-refractivity contribution in [2.24, 2.45) is 14.1 Å². The smallest absolute Gasteiger partial charge is 0.495 e. The molecule has 0 N–H and O–H groups in total. The molecule has 1 heterocycles. The standard InChI is InChI=1S/C11H12F3N2OS.CH4O4S/c1-15-8-5-4-7(18(3)17)6-9(8)16(2)10(15)11(12,13)14;1-5-6(2,3)4/h4-6H,1-3H3;1H3,(H,2,3,4)/q+1;/p-1. The molecule has 0 spiro atoms. The van der Waals surface area contributed by atoms with Crippen LogP contribution in [0.5, 0.6) is 0 Å². The maximum absolute atomic E-state index is 12.9. The molecule has 1 unspecified atom stereocenters. The van der Waals surface area contributed by atoms with Crippen molar-refractivity contribution >= 4 is 32.6 Å².